The lowest BCUT2D eigenvalue weighted by Crippen LogP contribution is -2.42. The summed E-state index contributed by atoms with van der Waals surface area (Å²) in [6.07, 6.45) is 6.77. The molecule has 1 aliphatic heterocycles. The van der Waals surface area contributed by atoms with Crippen molar-refractivity contribution in [1.82, 2.24) is 9.88 Å². The maximum atomic E-state index is 13.2. The Hall–Kier alpha value is -3.81. The van der Waals surface area contributed by atoms with Crippen molar-refractivity contribution in [2.24, 2.45) is 10.9 Å². The molecule has 0 fully saturated rings. The third-order valence-electron chi connectivity index (χ3n) is 6.45. The van der Waals surface area contributed by atoms with Gasteiger partial charge in [-0.1, -0.05) is 51.1 Å². The van der Waals surface area contributed by atoms with E-state index in [2.05, 4.69) is 42.1 Å². The minimum absolute atomic E-state index is 0.00949. The summed E-state index contributed by atoms with van der Waals surface area (Å²) in [4.78, 5) is 54.5. The van der Waals surface area contributed by atoms with Gasteiger partial charge < -0.3 is 14.6 Å². The molecule has 0 unspecified atom stereocenters. The highest BCUT2D eigenvalue weighted by Gasteiger charge is 2.23. The molecule has 1 aliphatic rings. The van der Waals surface area contributed by atoms with Crippen molar-refractivity contribution in [3.63, 3.8) is 0 Å². The molecule has 2 aromatic rings. The number of amides is 1. The summed E-state index contributed by atoms with van der Waals surface area (Å²) in [5, 5.41) is 2.55. The first-order valence-corrected chi connectivity index (χ1v) is 13.1. The Morgan fingerprint density at radius 3 is 2.63 bits per heavy atom. The molecule has 202 valence electrons. The summed E-state index contributed by atoms with van der Waals surface area (Å²) >= 11 is 0. The fourth-order valence-corrected chi connectivity index (χ4v) is 4.51. The molecular weight excluding hydrogens is 482 g/mol. The van der Waals surface area contributed by atoms with Crippen LogP contribution in [0.2, 0.25) is 0 Å². The highest BCUT2D eigenvalue weighted by Crippen LogP contribution is 2.32. The molecule has 0 radical (unpaired) electrons. The molecule has 0 aliphatic carbocycles. The molecule has 1 atom stereocenters. The average Bonchev–Trinajstić information content (AvgIpc) is 3.31. The number of fused-ring (bicyclic) bond motifs is 1. The zero-order valence-corrected chi connectivity index (χ0v) is 22.7. The number of pyridine rings is 1. The monoisotopic (exact) mass is 519 g/mol. The van der Waals surface area contributed by atoms with Crippen LogP contribution in [0.3, 0.4) is 0 Å². The van der Waals surface area contributed by atoms with Gasteiger partial charge in [-0.05, 0) is 48.4 Å². The first-order chi connectivity index (χ1) is 18.2. The second-order valence-electron chi connectivity index (χ2n) is 9.98. The van der Waals surface area contributed by atoms with Crippen LogP contribution in [0.15, 0.2) is 58.5 Å². The van der Waals surface area contributed by atoms with E-state index in [0.717, 1.165) is 17.8 Å². The van der Waals surface area contributed by atoms with Crippen molar-refractivity contribution in [1.29, 1.82) is 0 Å². The summed E-state index contributed by atoms with van der Waals surface area (Å²) in [5.41, 5.74) is 4.40. The van der Waals surface area contributed by atoms with Crippen LogP contribution >= 0.6 is 0 Å². The van der Waals surface area contributed by atoms with Crippen molar-refractivity contribution in [2.45, 2.75) is 71.9 Å². The first-order valence-electron chi connectivity index (χ1n) is 13.1. The number of benzene rings is 1. The second-order valence-corrected chi connectivity index (χ2v) is 9.98. The van der Waals surface area contributed by atoms with Crippen LogP contribution in [0.4, 0.5) is 10.5 Å². The van der Waals surface area contributed by atoms with Crippen LogP contribution in [0, 0.1) is 5.92 Å². The maximum absolute atomic E-state index is 13.2. The summed E-state index contributed by atoms with van der Waals surface area (Å²) in [6.45, 7) is 6.48. The molecule has 2 heterocycles. The van der Waals surface area contributed by atoms with Crippen LogP contribution in [0.5, 0.6) is 0 Å². The Labute approximate surface area is 223 Å². The van der Waals surface area contributed by atoms with Gasteiger partial charge in [0.05, 0.1) is 25.4 Å². The van der Waals surface area contributed by atoms with Crippen molar-refractivity contribution < 1.29 is 19.1 Å². The number of hydrogen-bond acceptors (Lipinski definition) is 6. The Morgan fingerprint density at radius 2 is 1.92 bits per heavy atom. The van der Waals surface area contributed by atoms with Crippen molar-refractivity contribution in [3.8, 4) is 0 Å². The number of nitrogens with one attached hydrogen (secondary N) is 1. The van der Waals surface area contributed by atoms with E-state index in [1.165, 1.54) is 24.3 Å². The summed E-state index contributed by atoms with van der Waals surface area (Å²) < 4.78 is 6.24. The molecule has 1 aromatic heterocycles. The normalized spacial score (nSPS) is 13.3. The van der Waals surface area contributed by atoms with E-state index in [-0.39, 0.29) is 30.0 Å². The molecule has 8 heteroatoms. The zero-order chi connectivity index (χ0) is 27.7. The lowest BCUT2D eigenvalue weighted by atomic mass is 9.98. The van der Waals surface area contributed by atoms with Crippen LogP contribution in [-0.2, 0) is 40.1 Å². The molecule has 3 rings (SSSR count). The van der Waals surface area contributed by atoms with E-state index in [0.29, 0.717) is 37.3 Å². The minimum Gasteiger partial charge on any atom is -0.453 e. The van der Waals surface area contributed by atoms with E-state index in [1.54, 1.807) is 35.9 Å². The maximum Gasteiger partial charge on any atom is 0.407 e. The van der Waals surface area contributed by atoms with Crippen LogP contribution < -0.4 is 10.9 Å². The number of alkyl carbamates (subject to hydrolysis) is 1. The number of ketones is 2. The second kappa shape index (κ2) is 13.7. The Morgan fingerprint density at radius 1 is 1.16 bits per heavy atom. The number of Topliss-reactive ketones (excluding diaryl/α,β-unsaturated/α-hetero) is 1. The molecule has 1 N–H and O–H groups in total. The van der Waals surface area contributed by atoms with Gasteiger partial charge >= 0.3 is 6.09 Å². The van der Waals surface area contributed by atoms with E-state index in [9.17, 15) is 19.2 Å². The van der Waals surface area contributed by atoms with Gasteiger partial charge in [-0.25, -0.2) is 4.79 Å². The van der Waals surface area contributed by atoms with Crippen molar-refractivity contribution >= 4 is 29.1 Å². The number of aromatic nitrogens is 1. The van der Waals surface area contributed by atoms with Gasteiger partial charge in [0, 0.05) is 36.7 Å². The molecule has 0 bridgehead atoms. The van der Waals surface area contributed by atoms with Crippen LogP contribution in [0.1, 0.15) is 56.7 Å². The number of carbonyl (C=O) groups is 3. The van der Waals surface area contributed by atoms with E-state index >= 15 is 0 Å². The zero-order valence-electron chi connectivity index (χ0n) is 22.7. The van der Waals surface area contributed by atoms with Crippen molar-refractivity contribution in [2.75, 3.05) is 7.11 Å². The minimum atomic E-state index is -0.843. The topological polar surface area (TPSA) is 107 Å². The molecule has 1 aromatic carbocycles. The van der Waals surface area contributed by atoms with Gasteiger partial charge in [0.15, 0.2) is 11.6 Å². The molecular formula is C30H37N3O5. The molecule has 0 saturated heterocycles. The number of carbonyl (C=O) groups excluding carboxylic acids is 3. The van der Waals surface area contributed by atoms with Gasteiger partial charge in [-0.3, -0.25) is 19.4 Å². The van der Waals surface area contributed by atoms with Gasteiger partial charge in [-0.15, -0.1) is 0 Å². The number of allylic oxidation sites excluding steroid dienone is 2. The third kappa shape index (κ3) is 7.84. The third-order valence-corrected chi connectivity index (χ3v) is 6.45. The molecule has 1 amide bonds. The summed E-state index contributed by atoms with van der Waals surface area (Å²) in [6, 6.07) is 8.79. The Bertz CT molecular complexity index is 1290. The number of rotatable bonds is 13. The molecule has 0 spiro atoms. The smallest absolute Gasteiger partial charge is 0.407 e. The Balaban J connectivity index is 1.72. The standard InChI is InChI=1S/C30H37N3O5/c1-5-25(34)13-6-7-14-26(32-30(37)38-4)27(35)18-23-12-9-15-33(29(23)36)19-24-17-22-11-8-10-21(16-20(2)3)28(22)31-24/h6,8-13,15,20,26H,5,7,14,16-19H2,1-4H3,(H,32,37)/b13-6+/t26-/m0/s1. The lowest BCUT2D eigenvalue weighted by Gasteiger charge is -2.16. The highest BCUT2D eigenvalue weighted by atomic mass is 16.5. The molecule has 8 nitrogen and oxygen atoms in total. The van der Waals surface area contributed by atoms with E-state index < -0.39 is 12.1 Å². The van der Waals surface area contributed by atoms with Gasteiger partial charge in [0.25, 0.3) is 5.56 Å². The van der Waals surface area contributed by atoms with Gasteiger partial charge in [0.2, 0.25) is 0 Å². The number of para-hydroxylation sites is 1. The highest BCUT2D eigenvalue weighted by molar-refractivity contribution is 5.94. The largest absolute Gasteiger partial charge is 0.453 e. The lowest BCUT2D eigenvalue weighted by molar-refractivity contribution is -0.120. The van der Waals surface area contributed by atoms with Gasteiger partial charge in [-0.2, -0.15) is 0 Å². The van der Waals surface area contributed by atoms with Crippen LogP contribution in [0.25, 0.3) is 0 Å². The predicted molar refractivity (Wildman–Crippen MR) is 148 cm³/mol. The van der Waals surface area contributed by atoms with Gasteiger partial charge in [0.1, 0.15) is 0 Å². The number of aliphatic imine (C=N–C) groups is 1. The van der Waals surface area contributed by atoms with E-state index in [1.807, 2.05) is 0 Å². The summed E-state index contributed by atoms with van der Waals surface area (Å²) in [7, 11) is 1.22. The predicted octanol–water partition coefficient (Wildman–Crippen LogP) is 4.53. The quantitative estimate of drug-likeness (QED) is 0.392. The fourth-order valence-electron chi connectivity index (χ4n) is 4.51. The Kier molecular flexibility index (Phi) is 10.3. The molecule has 0 saturated carbocycles. The van der Waals surface area contributed by atoms with Crippen LogP contribution in [-0.4, -0.2) is 41.1 Å². The number of methoxy groups -OCH3 is 1. The first kappa shape index (κ1) is 28.8. The molecule has 38 heavy (non-hydrogen) atoms. The number of hydrogen-bond donors (Lipinski definition) is 1. The van der Waals surface area contributed by atoms with E-state index in [4.69, 9.17) is 4.99 Å². The fraction of sp³-hybridized carbons (Fsp3) is 0.433. The number of ether oxygens (including phenoxy) is 1. The van der Waals surface area contributed by atoms with Crippen molar-refractivity contribution in [3.05, 3.63) is 75.7 Å². The number of nitrogens with zero attached hydrogens (tertiary/aromatic N) is 2. The summed E-state index contributed by atoms with van der Waals surface area (Å²) in [5.74, 6) is 0.207. The average molecular weight is 520 g/mol. The SMILES string of the molecule is CCC(=O)/C=C/CC[C@H](NC(=O)OC)C(=O)Cc1cccn(CC2=Nc3c(cccc3CC(C)C)C2)c1=O.